The predicted octanol–water partition coefficient (Wildman–Crippen LogP) is 4.07. The zero-order chi connectivity index (χ0) is 13.0. The topological polar surface area (TPSA) is 29.1 Å². The molecule has 1 N–H and O–H groups in total. The van der Waals surface area contributed by atoms with E-state index in [0.29, 0.717) is 0 Å². The maximum Gasteiger partial charge on any atom is 0.251 e. The number of hydrogen-bond donors (Lipinski definition) is 1. The Bertz CT molecular complexity index is 425. The molecule has 0 heterocycles. The molecule has 1 saturated carbocycles. The summed E-state index contributed by atoms with van der Waals surface area (Å²) in [4.78, 5) is 12.1. The minimum atomic E-state index is 0.0480. The standard InChI is InChI=1S/C15H20BrNO/c1-11-6-7-13(16)10-14(11)15(18)17-9-8-12-4-2-3-5-12/h6-7,10,12H,2-5,8-9H2,1H3,(H,17,18). The number of benzene rings is 1. The lowest BCUT2D eigenvalue weighted by Gasteiger charge is -2.11. The third kappa shape index (κ3) is 3.58. The molecule has 0 unspecified atom stereocenters. The van der Waals surface area contributed by atoms with Gasteiger partial charge in [0.1, 0.15) is 0 Å². The number of hydrogen-bond acceptors (Lipinski definition) is 1. The van der Waals surface area contributed by atoms with E-state index in [1.807, 2.05) is 25.1 Å². The van der Waals surface area contributed by atoms with Crippen molar-refractivity contribution in [3.63, 3.8) is 0 Å². The highest BCUT2D eigenvalue weighted by atomic mass is 79.9. The van der Waals surface area contributed by atoms with Crippen LogP contribution in [0.1, 0.15) is 48.0 Å². The molecule has 98 valence electrons. The van der Waals surface area contributed by atoms with Crippen LogP contribution in [0.4, 0.5) is 0 Å². The molecule has 0 bridgehead atoms. The van der Waals surface area contributed by atoms with Crippen LogP contribution in [0.3, 0.4) is 0 Å². The number of rotatable bonds is 4. The van der Waals surface area contributed by atoms with Gasteiger partial charge < -0.3 is 5.32 Å². The van der Waals surface area contributed by atoms with Crippen molar-refractivity contribution in [2.45, 2.75) is 39.0 Å². The highest BCUT2D eigenvalue weighted by Gasteiger charge is 2.15. The van der Waals surface area contributed by atoms with Crippen LogP contribution in [0.2, 0.25) is 0 Å². The molecule has 1 aliphatic carbocycles. The molecule has 0 saturated heterocycles. The molecule has 0 aromatic heterocycles. The van der Waals surface area contributed by atoms with Gasteiger partial charge >= 0.3 is 0 Å². The first-order valence-corrected chi connectivity index (χ1v) is 7.50. The van der Waals surface area contributed by atoms with E-state index >= 15 is 0 Å². The van der Waals surface area contributed by atoms with Crippen LogP contribution >= 0.6 is 15.9 Å². The van der Waals surface area contributed by atoms with Gasteiger partial charge in [-0.1, -0.05) is 47.7 Å². The third-order valence-corrected chi connectivity index (χ3v) is 4.25. The first-order chi connectivity index (χ1) is 8.66. The van der Waals surface area contributed by atoms with E-state index < -0.39 is 0 Å². The van der Waals surface area contributed by atoms with E-state index in [0.717, 1.165) is 34.5 Å². The van der Waals surface area contributed by atoms with Gasteiger partial charge in [-0.15, -0.1) is 0 Å². The first kappa shape index (κ1) is 13.6. The Kier molecular flexibility index (Phi) is 4.81. The van der Waals surface area contributed by atoms with Crippen LogP contribution in [0.5, 0.6) is 0 Å². The van der Waals surface area contributed by atoms with Gasteiger partial charge in [0.2, 0.25) is 0 Å². The minimum absolute atomic E-state index is 0.0480. The maximum atomic E-state index is 12.1. The van der Waals surface area contributed by atoms with E-state index in [9.17, 15) is 4.79 Å². The highest BCUT2D eigenvalue weighted by Crippen LogP contribution is 2.27. The van der Waals surface area contributed by atoms with Gasteiger partial charge in [0.05, 0.1) is 0 Å². The molecule has 1 aromatic carbocycles. The van der Waals surface area contributed by atoms with E-state index in [4.69, 9.17) is 0 Å². The fourth-order valence-electron chi connectivity index (χ4n) is 2.62. The summed E-state index contributed by atoms with van der Waals surface area (Å²) in [5, 5.41) is 3.03. The Labute approximate surface area is 117 Å². The molecule has 0 radical (unpaired) electrons. The molecule has 0 atom stereocenters. The average molecular weight is 310 g/mol. The lowest BCUT2D eigenvalue weighted by atomic mass is 10.0. The Morgan fingerprint density at radius 1 is 1.39 bits per heavy atom. The van der Waals surface area contributed by atoms with Gasteiger partial charge in [-0.2, -0.15) is 0 Å². The van der Waals surface area contributed by atoms with Crippen molar-refractivity contribution in [1.82, 2.24) is 5.32 Å². The molecule has 0 spiro atoms. The van der Waals surface area contributed by atoms with Crippen molar-refractivity contribution < 1.29 is 4.79 Å². The van der Waals surface area contributed by atoms with Crippen molar-refractivity contribution in [2.75, 3.05) is 6.54 Å². The fourth-order valence-corrected chi connectivity index (χ4v) is 2.98. The Hall–Kier alpha value is -0.830. The first-order valence-electron chi connectivity index (χ1n) is 6.71. The Morgan fingerprint density at radius 3 is 2.83 bits per heavy atom. The second-order valence-corrected chi connectivity index (χ2v) is 6.07. The van der Waals surface area contributed by atoms with Crippen LogP contribution in [-0.4, -0.2) is 12.5 Å². The summed E-state index contributed by atoms with van der Waals surface area (Å²) < 4.78 is 0.953. The number of carbonyl (C=O) groups excluding carboxylic acids is 1. The Morgan fingerprint density at radius 2 is 2.11 bits per heavy atom. The normalized spacial score (nSPS) is 15.9. The van der Waals surface area contributed by atoms with Crippen molar-refractivity contribution >= 4 is 21.8 Å². The molecule has 0 aliphatic heterocycles. The van der Waals surface area contributed by atoms with Crippen LogP contribution < -0.4 is 5.32 Å². The zero-order valence-electron chi connectivity index (χ0n) is 10.8. The van der Waals surface area contributed by atoms with Crippen LogP contribution in [0, 0.1) is 12.8 Å². The SMILES string of the molecule is Cc1ccc(Br)cc1C(=O)NCCC1CCCC1. The lowest BCUT2D eigenvalue weighted by molar-refractivity contribution is 0.0951. The molecular weight excluding hydrogens is 290 g/mol. The van der Waals surface area contributed by atoms with E-state index in [2.05, 4.69) is 21.2 Å². The molecule has 1 fully saturated rings. The summed E-state index contributed by atoms with van der Waals surface area (Å²) in [5.74, 6) is 0.876. The van der Waals surface area contributed by atoms with E-state index in [1.54, 1.807) is 0 Å². The maximum absolute atomic E-state index is 12.1. The van der Waals surface area contributed by atoms with Gasteiger partial charge in [-0.25, -0.2) is 0 Å². The van der Waals surface area contributed by atoms with Crippen LogP contribution in [0.15, 0.2) is 22.7 Å². The van der Waals surface area contributed by atoms with Gasteiger partial charge in [-0.3, -0.25) is 4.79 Å². The van der Waals surface area contributed by atoms with E-state index in [1.165, 1.54) is 25.7 Å². The molecule has 1 aromatic rings. The van der Waals surface area contributed by atoms with Gasteiger partial charge in [0.25, 0.3) is 5.91 Å². The average Bonchev–Trinajstić information content (AvgIpc) is 2.85. The largest absolute Gasteiger partial charge is 0.352 e. The summed E-state index contributed by atoms with van der Waals surface area (Å²) >= 11 is 3.41. The summed E-state index contributed by atoms with van der Waals surface area (Å²) in [6.07, 6.45) is 6.53. The number of aryl methyl sites for hydroxylation is 1. The summed E-state index contributed by atoms with van der Waals surface area (Å²) in [6.45, 7) is 2.77. The fraction of sp³-hybridized carbons (Fsp3) is 0.533. The molecule has 2 rings (SSSR count). The quantitative estimate of drug-likeness (QED) is 0.892. The van der Waals surface area contributed by atoms with Crippen LogP contribution in [-0.2, 0) is 0 Å². The number of amides is 1. The molecule has 3 heteroatoms. The lowest BCUT2D eigenvalue weighted by Crippen LogP contribution is -2.26. The van der Waals surface area contributed by atoms with Gasteiger partial charge in [-0.05, 0) is 37.0 Å². The second kappa shape index (κ2) is 6.37. The van der Waals surface area contributed by atoms with Crippen molar-refractivity contribution in [1.29, 1.82) is 0 Å². The smallest absolute Gasteiger partial charge is 0.251 e. The molecule has 2 nitrogen and oxygen atoms in total. The molecule has 1 aliphatic rings. The summed E-state index contributed by atoms with van der Waals surface area (Å²) in [5.41, 5.74) is 1.80. The second-order valence-electron chi connectivity index (χ2n) is 5.15. The van der Waals surface area contributed by atoms with Crippen molar-refractivity contribution in [3.05, 3.63) is 33.8 Å². The molecular formula is C15H20BrNO. The monoisotopic (exact) mass is 309 g/mol. The van der Waals surface area contributed by atoms with Gasteiger partial charge in [0.15, 0.2) is 0 Å². The zero-order valence-corrected chi connectivity index (χ0v) is 12.4. The summed E-state index contributed by atoms with van der Waals surface area (Å²) in [7, 11) is 0. The summed E-state index contributed by atoms with van der Waals surface area (Å²) in [6, 6.07) is 5.82. The van der Waals surface area contributed by atoms with Crippen LogP contribution in [0.25, 0.3) is 0 Å². The van der Waals surface area contributed by atoms with Gasteiger partial charge in [0, 0.05) is 16.6 Å². The van der Waals surface area contributed by atoms with E-state index in [-0.39, 0.29) is 5.91 Å². The van der Waals surface area contributed by atoms with Crippen molar-refractivity contribution in [2.24, 2.45) is 5.92 Å². The molecule has 18 heavy (non-hydrogen) atoms. The number of nitrogens with one attached hydrogen (secondary N) is 1. The number of carbonyl (C=O) groups is 1. The third-order valence-electron chi connectivity index (χ3n) is 3.76. The number of halogens is 1. The molecule has 1 amide bonds. The highest BCUT2D eigenvalue weighted by molar-refractivity contribution is 9.10. The van der Waals surface area contributed by atoms with Crippen molar-refractivity contribution in [3.8, 4) is 0 Å². The minimum Gasteiger partial charge on any atom is -0.352 e. The Balaban J connectivity index is 1.85. The predicted molar refractivity (Wildman–Crippen MR) is 77.8 cm³/mol.